The number of aromatic hydroxyl groups is 2. The molecule has 6 N–H and O–H groups in total. The molecule has 0 aliphatic heterocycles. The molecule has 6 heteroatoms. The van der Waals surface area contributed by atoms with Crippen LogP contribution in [0.25, 0.3) is 12.2 Å². The minimum Gasteiger partial charge on any atom is -0.508 e. The molecule has 0 bridgehead atoms. The summed E-state index contributed by atoms with van der Waals surface area (Å²) in [6.45, 7) is 10.1. The summed E-state index contributed by atoms with van der Waals surface area (Å²) in [5.74, 6) is -1.16. The highest BCUT2D eigenvalue weighted by atomic mass is 16.3. The van der Waals surface area contributed by atoms with Crippen LogP contribution in [0.2, 0.25) is 0 Å². The summed E-state index contributed by atoms with van der Waals surface area (Å²) in [4.78, 5) is 13.3. The second-order valence-corrected chi connectivity index (χ2v) is 8.34. The van der Waals surface area contributed by atoms with Crippen LogP contribution in [-0.2, 0) is 4.79 Å². The highest BCUT2D eigenvalue weighted by Gasteiger charge is 2.28. The van der Waals surface area contributed by atoms with Crippen molar-refractivity contribution in [2.75, 3.05) is 26.2 Å². The molecule has 2 rings (SSSR count). The predicted molar refractivity (Wildman–Crippen MR) is 132 cm³/mol. The lowest BCUT2D eigenvalue weighted by atomic mass is 9.87. The first kappa shape index (κ1) is 25.2. The fourth-order valence-corrected chi connectivity index (χ4v) is 3.51. The van der Waals surface area contributed by atoms with Gasteiger partial charge in [0.1, 0.15) is 11.5 Å². The van der Waals surface area contributed by atoms with Crippen molar-refractivity contribution in [3.05, 3.63) is 69.8 Å². The molecule has 0 heterocycles. The number of phenolic OH excluding ortho intramolecular Hbond substituents is 2. The van der Waals surface area contributed by atoms with Crippen molar-refractivity contribution >= 4 is 18.1 Å². The van der Waals surface area contributed by atoms with Gasteiger partial charge in [-0.15, -0.1) is 0 Å². The number of nitrogens with two attached hydrogens (primary N) is 1. The largest absolute Gasteiger partial charge is 0.508 e. The van der Waals surface area contributed by atoms with Gasteiger partial charge in [-0.1, -0.05) is 35.4 Å². The molecule has 0 saturated carbocycles. The number of rotatable bonds is 10. The third-order valence-corrected chi connectivity index (χ3v) is 4.82. The second kappa shape index (κ2) is 12.1. The summed E-state index contributed by atoms with van der Waals surface area (Å²) in [6, 6.07) is 10.4. The minimum absolute atomic E-state index is 0.00401. The van der Waals surface area contributed by atoms with Gasteiger partial charge in [-0.3, -0.25) is 4.79 Å². The van der Waals surface area contributed by atoms with Gasteiger partial charge in [0.05, 0.1) is 5.92 Å². The summed E-state index contributed by atoms with van der Waals surface area (Å²) in [6.07, 6.45) is 3.96. The van der Waals surface area contributed by atoms with E-state index < -0.39 is 5.92 Å². The number of carbonyl (C=O) groups excluding carboxylic acids is 1. The van der Waals surface area contributed by atoms with Crippen molar-refractivity contribution in [2.45, 2.75) is 33.6 Å². The molecular weight excluding hydrogens is 402 g/mol. The van der Waals surface area contributed by atoms with Gasteiger partial charge in [0.25, 0.3) is 0 Å². The van der Waals surface area contributed by atoms with E-state index in [0.717, 1.165) is 22.3 Å². The Morgan fingerprint density at radius 1 is 0.875 bits per heavy atom. The Hall–Kier alpha value is -3.09. The Labute approximate surface area is 190 Å². The molecule has 0 atom stereocenters. The molecule has 0 aromatic heterocycles. The highest BCUT2D eigenvalue weighted by molar-refractivity contribution is 5.89. The zero-order chi connectivity index (χ0) is 23.7. The summed E-state index contributed by atoms with van der Waals surface area (Å²) < 4.78 is 0. The first-order chi connectivity index (χ1) is 15.2. The van der Waals surface area contributed by atoms with Gasteiger partial charge in [-0.25, -0.2) is 0 Å². The number of nitrogens with one attached hydrogen (secondary N) is 2. The third-order valence-electron chi connectivity index (χ3n) is 4.82. The standard InChI is InChI=1S/C26H35N3O3/c1-17(2)13-19-5-7-23(30)21(15-19)25(26(32)29-12-11-28-10-9-27)22-16-20(14-18(3)4)6-8-24(22)31/h5-8,13-16,25,28,30-31H,9-12,27H2,1-4H3,(H,29,32). The van der Waals surface area contributed by atoms with Crippen molar-refractivity contribution in [1.82, 2.24) is 10.6 Å². The van der Waals surface area contributed by atoms with E-state index in [1.54, 1.807) is 36.4 Å². The van der Waals surface area contributed by atoms with E-state index >= 15 is 0 Å². The number of hydrogen-bond donors (Lipinski definition) is 5. The predicted octanol–water partition coefficient (Wildman–Crippen LogP) is 3.74. The van der Waals surface area contributed by atoms with Crippen molar-refractivity contribution in [3.63, 3.8) is 0 Å². The number of phenols is 2. The second-order valence-electron chi connectivity index (χ2n) is 8.34. The van der Waals surface area contributed by atoms with Crippen LogP contribution in [0.15, 0.2) is 47.5 Å². The third kappa shape index (κ3) is 7.25. The SMILES string of the molecule is CC(C)=Cc1ccc(O)c(C(C(=O)NCCNCCN)c2cc(C=C(C)C)ccc2O)c1. The van der Waals surface area contributed by atoms with Gasteiger partial charge in [0.2, 0.25) is 5.91 Å². The Balaban J connectivity index is 2.53. The van der Waals surface area contributed by atoms with Gasteiger partial charge in [0, 0.05) is 37.3 Å². The Bertz CT molecular complexity index is 920. The summed E-state index contributed by atoms with van der Waals surface area (Å²) in [5, 5.41) is 27.4. The molecule has 0 spiro atoms. The molecule has 0 aliphatic carbocycles. The maximum absolute atomic E-state index is 13.3. The van der Waals surface area contributed by atoms with Crippen LogP contribution in [0.1, 0.15) is 55.9 Å². The van der Waals surface area contributed by atoms with E-state index in [4.69, 9.17) is 5.73 Å². The van der Waals surface area contributed by atoms with E-state index in [1.807, 2.05) is 39.8 Å². The molecular formula is C26H35N3O3. The maximum atomic E-state index is 13.3. The number of amides is 1. The van der Waals surface area contributed by atoms with E-state index in [2.05, 4.69) is 10.6 Å². The maximum Gasteiger partial charge on any atom is 0.232 e. The molecule has 32 heavy (non-hydrogen) atoms. The minimum atomic E-state index is -0.875. The van der Waals surface area contributed by atoms with Gasteiger partial charge in [-0.2, -0.15) is 0 Å². The van der Waals surface area contributed by atoms with Gasteiger partial charge in [-0.05, 0) is 63.1 Å². The molecule has 2 aromatic rings. The first-order valence-electron chi connectivity index (χ1n) is 10.9. The van der Waals surface area contributed by atoms with Crippen LogP contribution in [-0.4, -0.2) is 42.3 Å². The summed E-state index contributed by atoms with van der Waals surface area (Å²) in [5.41, 5.74) is 10.3. The average Bonchev–Trinajstić information content (AvgIpc) is 2.72. The van der Waals surface area contributed by atoms with E-state index in [-0.39, 0.29) is 17.4 Å². The van der Waals surface area contributed by atoms with Crippen LogP contribution < -0.4 is 16.4 Å². The highest BCUT2D eigenvalue weighted by Crippen LogP contribution is 2.37. The van der Waals surface area contributed by atoms with Gasteiger partial charge >= 0.3 is 0 Å². The Kier molecular flexibility index (Phi) is 9.50. The lowest BCUT2D eigenvalue weighted by Gasteiger charge is -2.21. The van der Waals surface area contributed by atoms with E-state index in [1.165, 1.54) is 0 Å². The molecule has 2 aromatic carbocycles. The smallest absolute Gasteiger partial charge is 0.232 e. The van der Waals surface area contributed by atoms with Gasteiger partial charge < -0.3 is 26.6 Å². The van der Waals surface area contributed by atoms with Crippen LogP contribution >= 0.6 is 0 Å². The molecule has 6 nitrogen and oxygen atoms in total. The lowest BCUT2D eigenvalue weighted by Crippen LogP contribution is -2.36. The van der Waals surface area contributed by atoms with Crippen LogP contribution in [0.3, 0.4) is 0 Å². The molecule has 0 radical (unpaired) electrons. The first-order valence-corrected chi connectivity index (χ1v) is 10.9. The molecule has 0 fully saturated rings. The monoisotopic (exact) mass is 437 g/mol. The number of carbonyl (C=O) groups is 1. The molecule has 172 valence electrons. The van der Waals surface area contributed by atoms with Crippen molar-refractivity contribution in [2.24, 2.45) is 5.73 Å². The van der Waals surface area contributed by atoms with Crippen LogP contribution in [0, 0.1) is 0 Å². The zero-order valence-corrected chi connectivity index (χ0v) is 19.4. The quantitative estimate of drug-likeness (QED) is 0.364. The van der Waals surface area contributed by atoms with E-state index in [9.17, 15) is 15.0 Å². The van der Waals surface area contributed by atoms with Crippen LogP contribution in [0.5, 0.6) is 11.5 Å². The molecule has 0 saturated heterocycles. The van der Waals surface area contributed by atoms with Crippen molar-refractivity contribution in [1.29, 1.82) is 0 Å². The molecule has 1 amide bonds. The summed E-state index contributed by atoms with van der Waals surface area (Å²) >= 11 is 0. The Morgan fingerprint density at radius 2 is 1.38 bits per heavy atom. The number of allylic oxidation sites excluding steroid dienone is 2. The topological polar surface area (TPSA) is 108 Å². The lowest BCUT2D eigenvalue weighted by molar-refractivity contribution is -0.121. The van der Waals surface area contributed by atoms with Crippen molar-refractivity contribution in [3.8, 4) is 11.5 Å². The summed E-state index contributed by atoms with van der Waals surface area (Å²) in [7, 11) is 0. The normalized spacial score (nSPS) is 10.7. The zero-order valence-electron chi connectivity index (χ0n) is 19.4. The number of hydrogen-bond acceptors (Lipinski definition) is 5. The molecule has 0 unspecified atom stereocenters. The van der Waals surface area contributed by atoms with E-state index in [0.29, 0.717) is 37.3 Å². The average molecular weight is 438 g/mol. The van der Waals surface area contributed by atoms with Crippen LogP contribution in [0.4, 0.5) is 0 Å². The fourth-order valence-electron chi connectivity index (χ4n) is 3.51. The number of benzene rings is 2. The fraction of sp³-hybridized carbons (Fsp3) is 0.346. The van der Waals surface area contributed by atoms with Crippen molar-refractivity contribution < 1.29 is 15.0 Å². The van der Waals surface area contributed by atoms with Gasteiger partial charge in [0.15, 0.2) is 0 Å². The Morgan fingerprint density at radius 3 is 1.81 bits per heavy atom. The molecule has 0 aliphatic rings.